The van der Waals surface area contributed by atoms with E-state index in [4.69, 9.17) is 4.99 Å². The highest BCUT2D eigenvalue weighted by atomic mass is 127. The number of rotatable bonds is 5. The van der Waals surface area contributed by atoms with Gasteiger partial charge in [0.25, 0.3) is 0 Å². The Balaban J connectivity index is 0.00000243. The number of aryl methyl sites for hydroxylation is 1. The summed E-state index contributed by atoms with van der Waals surface area (Å²) in [4.78, 5) is 8.66. The Kier molecular flexibility index (Phi) is 8.33. The molecule has 3 heterocycles. The van der Waals surface area contributed by atoms with E-state index in [0.29, 0.717) is 6.54 Å². The minimum absolute atomic E-state index is 0. The Labute approximate surface area is 177 Å². The number of guanidine groups is 1. The topological polar surface area (TPSA) is 58.3 Å². The maximum atomic E-state index is 4.86. The molecule has 1 saturated heterocycles. The van der Waals surface area contributed by atoms with Gasteiger partial charge in [-0.15, -0.1) is 45.5 Å². The quantitative estimate of drug-likeness (QED) is 0.399. The molecule has 26 heavy (non-hydrogen) atoms. The summed E-state index contributed by atoms with van der Waals surface area (Å²) in [6.45, 7) is 7.90. The van der Waals surface area contributed by atoms with Gasteiger partial charge in [0.1, 0.15) is 12.4 Å². The van der Waals surface area contributed by atoms with Gasteiger partial charge < -0.3 is 14.8 Å². The molecular weight excluding hydrogens is 459 g/mol. The van der Waals surface area contributed by atoms with Gasteiger partial charge in [0.05, 0.1) is 0 Å². The molecule has 8 heteroatoms. The van der Waals surface area contributed by atoms with Gasteiger partial charge in [0.2, 0.25) is 0 Å². The van der Waals surface area contributed by atoms with Gasteiger partial charge in [-0.25, -0.2) is 4.99 Å². The fourth-order valence-corrected chi connectivity index (χ4v) is 3.85. The van der Waals surface area contributed by atoms with Crippen molar-refractivity contribution in [2.24, 2.45) is 18.0 Å². The molecule has 3 rings (SSSR count). The lowest BCUT2D eigenvalue weighted by molar-refractivity contribution is 0.265. The van der Waals surface area contributed by atoms with Crippen molar-refractivity contribution in [1.82, 2.24) is 25.0 Å². The van der Waals surface area contributed by atoms with E-state index < -0.39 is 0 Å². The first-order chi connectivity index (χ1) is 12.1. The lowest BCUT2D eigenvalue weighted by atomic mass is 10.0. The van der Waals surface area contributed by atoms with Crippen LogP contribution in [0.1, 0.15) is 36.3 Å². The second-order valence-electron chi connectivity index (χ2n) is 6.81. The molecule has 1 unspecified atom stereocenters. The molecule has 0 bridgehead atoms. The first kappa shape index (κ1) is 21.1. The van der Waals surface area contributed by atoms with E-state index in [1.807, 2.05) is 29.9 Å². The lowest BCUT2D eigenvalue weighted by Gasteiger charge is -2.33. The number of nitrogens with zero attached hydrogens (tertiary/aromatic N) is 5. The van der Waals surface area contributed by atoms with Crippen molar-refractivity contribution in [3.8, 4) is 0 Å². The molecule has 2 aromatic heterocycles. The molecule has 0 spiro atoms. The normalized spacial score (nSPS) is 17.9. The van der Waals surface area contributed by atoms with Crippen LogP contribution in [0.2, 0.25) is 0 Å². The summed E-state index contributed by atoms with van der Waals surface area (Å²) in [7, 11) is 1.99. The van der Waals surface area contributed by atoms with Crippen LogP contribution in [0.4, 0.5) is 0 Å². The molecule has 1 fully saturated rings. The van der Waals surface area contributed by atoms with Gasteiger partial charge in [-0.2, -0.15) is 0 Å². The summed E-state index contributed by atoms with van der Waals surface area (Å²) in [5.74, 6) is 3.54. The molecule has 0 radical (unpaired) electrons. The summed E-state index contributed by atoms with van der Waals surface area (Å²) in [6.07, 6.45) is 3.57. The van der Waals surface area contributed by atoms with Crippen LogP contribution in [0.3, 0.4) is 0 Å². The SMILES string of the molecule is Cc1nnc(CN=C(NCCc2cccs2)N2CCCC(C)C2)n1C.I. The Morgan fingerprint density at radius 3 is 2.92 bits per heavy atom. The maximum Gasteiger partial charge on any atom is 0.194 e. The summed E-state index contributed by atoms with van der Waals surface area (Å²) in [5.41, 5.74) is 0. The number of piperidine rings is 1. The average Bonchev–Trinajstić information content (AvgIpc) is 3.22. The number of thiophene rings is 1. The molecule has 144 valence electrons. The van der Waals surface area contributed by atoms with Crippen molar-refractivity contribution in [3.63, 3.8) is 0 Å². The van der Waals surface area contributed by atoms with E-state index in [0.717, 1.165) is 49.6 Å². The largest absolute Gasteiger partial charge is 0.356 e. The lowest BCUT2D eigenvalue weighted by Crippen LogP contribution is -2.46. The monoisotopic (exact) mass is 488 g/mol. The summed E-state index contributed by atoms with van der Waals surface area (Å²) < 4.78 is 2.01. The molecule has 0 saturated carbocycles. The van der Waals surface area contributed by atoms with Crippen LogP contribution in [0.15, 0.2) is 22.5 Å². The number of likely N-dealkylation sites (tertiary alicyclic amines) is 1. The summed E-state index contributed by atoms with van der Waals surface area (Å²) >= 11 is 1.81. The number of nitrogens with one attached hydrogen (secondary N) is 1. The van der Waals surface area contributed by atoms with Crippen molar-refractivity contribution in [1.29, 1.82) is 0 Å². The fourth-order valence-electron chi connectivity index (χ4n) is 3.14. The van der Waals surface area contributed by atoms with Crippen molar-refractivity contribution >= 4 is 41.3 Å². The van der Waals surface area contributed by atoms with Gasteiger partial charge in [-0.1, -0.05) is 13.0 Å². The average molecular weight is 488 g/mol. The van der Waals surface area contributed by atoms with Crippen LogP contribution in [0.25, 0.3) is 0 Å². The summed E-state index contributed by atoms with van der Waals surface area (Å²) in [6, 6.07) is 4.30. The zero-order valence-corrected chi connectivity index (χ0v) is 19.0. The minimum Gasteiger partial charge on any atom is -0.356 e. The first-order valence-electron chi connectivity index (χ1n) is 9.04. The zero-order valence-electron chi connectivity index (χ0n) is 15.8. The standard InChI is InChI=1S/C18H28N6S.HI/c1-14-6-4-10-24(13-14)18(19-9-8-16-7-5-11-25-16)20-12-17-22-21-15(2)23(17)3;/h5,7,11,14H,4,6,8-10,12-13H2,1-3H3,(H,19,20);1H. The molecule has 0 amide bonds. The molecule has 1 atom stereocenters. The fraction of sp³-hybridized carbons (Fsp3) is 0.611. The van der Waals surface area contributed by atoms with E-state index in [2.05, 4.69) is 44.9 Å². The molecule has 0 aromatic carbocycles. The third kappa shape index (κ3) is 5.67. The summed E-state index contributed by atoms with van der Waals surface area (Å²) in [5, 5.41) is 14.1. The van der Waals surface area contributed by atoms with Crippen molar-refractivity contribution < 1.29 is 0 Å². The Bertz CT molecular complexity index is 697. The Hall–Kier alpha value is -1.16. The number of hydrogen-bond donors (Lipinski definition) is 1. The van der Waals surface area contributed by atoms with Crippen LogP contribution < -0.4 is 5.32 Å². The molecule has 1 aliphatic heterocycles. The van der Waals surface area contributed by atoms with E-state index in [-0.39, 0.29) is 24.0 Å². The molecule has 1 aliphatic rings. The van der Waals surface area contributed by atoms with Crippen LogP contribution in [0, 0.1) is 12.8 Å². The minimum atomic E-state index is 0. The highest BCUT2D eigenvalue weighted by Crippen LogP contribution is 2.16. The van der Waals surface area contributed by atoms with Gasteiger partial charge in [-0.05, 0) is 43.6 Å². The van der Waals surface area contributed by atoms with Crippen LogP contribution in [0.5, 0.6) is 0 Å². The van der Waals surface area contributed by atoms with Gasteiger partial charge in [0.15, 0.2) is 11.8 Å². The molecular formula is C18H29IN6S. The third-order valence-corrected chi connectivity index (χ3v) is 5.68. The second-order valence-corrected chi connectivity index (χ2v) is 7.84. The number of hydrogen-bond acceptors (Lipinski definition) is 4. The third-order valence-electron chi connectivity index (χ3n) is 4.74. The van der Waals surface area contributed by atoms with Gasteiger partial charge in [0, 0.05) is 31.6 Å². The first-order valence-corrected chi connectivity index (χ1v) is 9.92. The van der Waals surface area contributed by atoms with Gasteiger partial charge in [-0.3, -0.25) is 0 Å². The van der Waals surface area contributed by atoms with Crippen LogP contribution in [-0.4, -0.2) is 45.3 Å². The van der Waals surface area contributed by atoms with E-state index in [1.54, 1.807) is 0 Å². The number of aliphatic imine (C=N–C) groups is 1. The molecule has 0 aliphatic carbocycles. The predicted octanol–water partition coefficient (Wildman–Crippen LogP) is 3.22. The zero-order chi connectivity index (χ0) is 17.6. The number of aromatic nitrogens is 3. The molecule has 2 aromatic rings. The van der Waals surface area contributed by atoms with Crippen LogP contribution in [-0.2, 0) is 20.0 Å². The number of halogens is 1. The second kappa shape index (κ2) is 10.2. The van der Waals surface area contributed by atoms with E-state index in [9.17, 15) is 0 Å². The van der Waals surface area contributed by atoms with Crippen molar-refractivity contribution in [2.75, 3.05) is 19.6 Å². The maximum absolute atomic E-state index is 4.86. The van der Waals surface area contributed by atoms with Crippen molar-refractivity contribution in [2.45, 2.75) is 39.7 Å². The van der Waals surface area contributed by atoms with Crippen molar-refractivity contribution in [3.05, 3.63) is 34.0 Å². The Morgan fingerprint density at radius 2 is 2.27 bits per heavy atom. The van der Waals surface area contributed by atoms with E-state index in [1.165, 1.54) is 17.7 Å². The molecule has 1 N–H and O–H groups in total. The smallest absolute Gasteiger partial charge is 0.194 e. The van der Waals surface area contributed by atoms with Gasteiger partial charge >= 0.3 is 0 Å². The van der Waals surface area contributed by atoms with E-state index >= 15 is 0 Å². The highest BCUT2D eigenvalue weighted by molar-refractivity contribution is 14.0. The molecule has 6 nitrogen and oxygen atoms in total. The predicted molar refractivity (Wildman–Crippen MR) is 118 cm³/mol. The Morgan fingerprint density at radius 1 is 1.42 bits per heavy atom. The van der Waals surface area contributed by atoms with Crippen LogP contribution >= 0.6 is 35.3 Å². The highest BCUT2D eigenvalue weighted by Gasteiger charge is 2.19.